The number of aryl methyl sites for hydroxylation is 1. The van der Waals surface area contributed by atoms with Gasteiger partial charge in [0.05, 0.1) is 24.8 Å². The highest BCUT2D eigenvalue weighted by atomic mass is 16.1. The molecular formula is C17H25N4O+. The van der Waals surface area contributed by atoms with Crippen molar-refractivity contribution in [2.45, 2.75) is 26.9 Å². The fourth-order valence-corrected chi connectivity index (χ4v) is 2.39. The summed E-state index contributed by atoms with van der Waals surface area (Å²) in [7, 11) is 1.80. The van der Waals surface area contributed by atoms with Crippen LogP contribution in [0, 0.1) is 0 Å². The Morgan fingerprint density at radius 2 is 1.82 bits per heavy atom. The van der Waals surface area contributed by atoms with Crippen LogP contribution in [-0.2, 0) is 20.1 Å². The molecule has 0 unspecified atom stereocenters. The Morgan fingerprint density at radius 3 is 2.36 bits per heavy atom. The number of aromatic nitrogens is 2. The van der Waals surface area contributed by atoms with E-state index in [1.54, 1.807) is 29.0 Å². The lowest BCUT2D eigenvalue weighted by molar-refractivity contribution is -0.910. The molecule has 0 radical (unpaired) electrons. The van der Waals surface area contributed by atoms with Gasteiger partial charge >= 0.3 is 0 Å². The maximum atomic E-state index is 12.0. The van der Waals surface area contributed by atoms with Gasteiger partial charge in [-0.1, -0.05) is 24.3 Å². The molecule has 5 nitrogen and oxygen atoms in total. The van der Waals surface area contributed by atoms with Gasteiger partial charge in [0.15, 0.2) is 0 Å². The molecule has 1 aromatic heterocycles. The number of carbonyl (C=O) groups is 1. The first kappa shape index (κ1) is 16.2. The van der Waals surface area contributed by atoms with Crippen molar-refractivity contribution < 1.29 is 9.69 Å². The van der Waals surface area contributed by atoms with Gasteiger partial charge in [-0.2, -0.15) is 5.10 Å². The van der Waals surface area contributed by atoms with E-state index in [-0.39, 0.29) is 5.91 Å². The molecule has 22 heavy (non-hydrogen) atoms. The summed E-state index contributed by atoms with van der Waals surface area (Å²) in [4.78, 5) is 13.5. The van der Waals surface area contributed by atoms with Crippen molar-refractivity contribution in [3.63, 3.8) is 0 Å². The Balaban J connectivity index is 1.87. The fraction of sp³-hybridized carbons (Fsp3) is 0.412. The lowest BCUT2D eigenvalue weighted by atomic mass is 10.1. The Morgan fingerprint density at radius 1 is 1.18 bits per heavy atom. The van der Waals surface area contributed by atoms with Crippen molar-refractivity contribution in [2.75, 3.05) is 13.1 Å². The second-order valence-electron chi connectivity index (χ2n) is 5.54. The number of quaternary nitrogens is 1. The number of rotatable bonds is 7. The molecule has 5 heteroatoms. The Bertz CT molecular complexity index is 599. The summed E-state index contributed by atoms with van der Waals surface area (Å²) in [6.45, 7) is 8.28. The average molecular weight is 301 g/mol. The molecule has 2 N–H and O–H groups in total. The summed E-state index contributed by atoms with van der Waals surface area (Å²) >= 11 is 0. The van der Waals surface area contributed by atoms with E-state index in [0.717, 1.165) is 25.2 Å². The molecule has 0 aliphatic rings. The van der Waals surface area contributed by atoms with Crippen LogP contribution in [0.2, 0.25) is 0 Å². The molecule has 0 atom stereocenters. The monoisotopic (exact) mass is 301 g/mol. The molecule has 0 saturated carbocycles. The number of amides is 1. The first-order chi connectivity index (χ1) is 10.6. The van der Waals surface area contributed by atoms with Gasteiger partial charge in [0.25, 0.3) is 5.91 Å². The molecular weight excluding hydrogens is 276 g/mol. The van der Waals surface area contributed by atoms with Gasteiger partial charge in [0, 0.05) is 25.4 Å². The molecule has 0 fully saturated rings. The van der Waals surface area contributed by atoms with E-state index in [2.05, 4.69) is 48.5 Å². The zero-order valence-corrected chi connectivity index (χ0v) is 13.6. The van der Waals surface area contributed by atoms with Gasteiger partial charge in [0.2, 0.25) is 0 Å². The molecule has 0 saturated heterocycles. The van der Waals surface area contributed by atoms with Gasteiger partial charge in [-0.05, 0) is 19.4 Å². The van der Waals surface area contributed by atoms with Crippen LogP contribution in [0.5, 0.6) is 0 Å². The molecule has 0 aliphatic heterocycles. The lowest BCUT2D eigenvalue weighted by Gasteiger charge is -2.15. The van der Waals surface area contributed by atoms with Crippen LogP contribution in [0.1, 0.15) is 35.3 Å². The summed E-state index contributed by atoms with van der Waals surface area (Å²) < 4.78 is 1.62. The number of carbonyl (C=O) groups excluding carboxylic acids is 1. The highest BCUT2D eigenvalue weighted by Gasteiger charge is 2.08. The van der Waals surface area contributed by atoms with Gasteiger partial charge in [-0.25, -0.2) is 0 Å². The average Bonchev–Trinajstić information content (AvgIpc) is 2.98. The zero-order chi connectivity index (χ0) is 15.9. The van der Waals surface area contributed by atoms with E-state index in [1.165, 1.54) is 5.56 Å². The number of benzene rings is 1. The van der Waals surface area contributed by atoms with Crippen LogP contribution in [-0.4, -0.2) is 28.8 Å². The van der Waals surface area contributed by atoms with Crippen LogP contribution in [0.25, 0.3) is 0 Å². The third-order valence-electron chi connectivity index (χ3n) is 3.90. The smallest absolute Gasteiger partial charge is 0.254 e. The van der Waals surface area contributed by atoms with Gasteiger partial charge in [-0.3, -0.25) is 9.48 Å². The molecule has 0 bridgehead atoms. The van der Waals surface area contributed by atoms with Gasteiger partial charge in [-0.15, -0.1) is 0 Å². The van der Waals surface area contributed by atoms with Crippen molar-refractivity contribution in [1.82, 2.24) is 15.1 Å². The summed E-state index contributed by atoms with van der Waals surface area (Å²) in [5.74, 6) is -0.0928. The predicted molar refractivity (Wildman–Crippen MR) is 86.6 cm³/mol. The quantitative estimate of drug-likeness (QED) is 0.794. The zero-order valence-electron chi connectivity index (χ0n) is 13.6. The van der Waals surface area contributed by atoms with Crippen LogP contribution in [0.4, 0.5) is 0 Å². The minimum Gasteiger partial charge on any atom is -0.348 e. The Kier molecular flexibility index (Phi) is 5.72. The molecule has 1 aromatic carbocycles. The number of hydrogen-bond acceptors (Lipinski definition) is 2. The molecule has 1 heterocycles. The number of nitrogens with zero attached hydrogens (tertiary/aromatic N) is 2. The molecule has 1 amide bonds. The molecule has 0 aliphatic carbocycles. The lowest BCUT2D eigenvalue weighted by Crippen LogP contribution is -3.10. The highest BCUT2D eigenvalue weighted by molar-refractivity contribution is 5.93. The van der Waals surface area contributed by atoms with Crippen molar-refractivity contribution in [2.24, 2.45) is 7.05 Å². The van der Waals surface area contributed by atoms with Crippen LogP contribution < -0.4 is 10.2 Å². The van der Waals surface area contributed by atoms with E-state index in [1.807, 2.05) is 0 Å². The maximum absolute atomic E-state index is 12.0. The largest absolute Gasteiger partial charge is 0.348 e. The number of nitrogens with one attached hydrogen (secondary N) is 2. The maximum Gasteiger partial charge on any atom is 0.254 e. The molecule has 2 rings (SSSR count). The van der Waals surface area contributed by atoms with Crippen LogP contribution in [0.15, 0.2) is 36.7 Å². The third-order valence-corrected chi connectivity index (χ3v) is 3.90. The minimum absolute atomic E-state index is 0.0928. The first-order valence-electron chi connectivity index (χ1n) is 7.80. The van der Waals surface area contributed by atoms with Crippen LogP contribution >= 0.6 is 0 Å². The Hall–Kier alpha value is -2.14. The Labute approximate surface area is 131 Å². The van der Waals surface area contributed by atoms with Crippen molar-refractivity contribution in [3.05, 3.63) is 53.3 Å². The van der Waals surface area contributed by atoms with Gasteiger partial charge < -0.3 is 10.2 Å². The molecule has 0 spiro atoms. The third kappa shape index (κ3) is 4.43. The van der Waals surface area contributed by atoms with Crippen molar-refractivity contribution in [3.8, 4) is 0 Å². The second-order valence-corrected chi connectivity index (χ2v) is 5.54. The van der Waals surface area contributed by atoms with E-state index < -0.39 is 0 Å². The van der Waals surface area contributed by atoms with E-state index in [9.17, 15) is 4.79 Å². The minimum atomic E-state index is -0.0928. The fourth-order valence-electron chi connectivity index (χ4n) is 2.39. The normalized spacial score (nSPS) is 10.9. The van der Waals surface area contributed by atoms with Crippen molar-refractivity contribution in [1.29, 1.82) is 0 Å². The predicted octanol–water partition coefficient (Wildman–Crippen LogP) is 0.775. The van der Waals surface area contributed by atoms with E-state index in [4.69, 9.17) is 0 Å². The second kappa shape index (κ2) is 7.75. The summed E-state index contributed by atoms with van der Waals surface area (Å²) in [6.07, 6.45) is 3.29. The summed E-state index contributed by atoms with van der Waals surface area (Å²) in [5, 5.41) is 6.92. The first-order valence-corrected chi connectivity index (χ1v) is 7.80. The summed E-state index contributed by atoms with van der Waals surface area (Å²) in [5.41, 5.74) is 3.03. The summed E-state index contributed by atoms with van der Waals surface area (Å²) in [6, 6.07) is 8.47. The van der Waals surface area contributed by atoms with Crippen LogP contribution in [0.3, 0.4) is 0 Å². The van der Waals surface area contributed by atoms with Gasteiger partial charge in [0.1, 0.15) is 6.54 Å². The van der Waals surface area contributed by atoms with E-state index >= 15 is 0 Å². The highest BCUT2D eigenvalue weighted by Crippen LogP contribution is 2.04. The standard InChI is InChI=1S/C17H24N4O/c1-4-21(5-2)12-15-8-6-14(7-9-15)10-18-17(22)16-11-19-20(3)13-16/h6-9,11,13H,4-5,10,12H2,1-3H3,(H,18,22)/p+1. The SMILES string of the molecule is CC[NH+](CC)Cc1ccc(CNC(=O)c2cnn(C)c2)cc1. The molecule has 2 aromatic rings. The topological polar surface area (TPSA) is 51.4 Å². The molecule has 118 valence electrons. The number of hydrogen-bond donors (Lipinski definition) is 2. The van der Waals surface area contributed by atoms with Crippen molar-refractivity contribution >= 4 is 5.91 Å². The van der Waals surface area contributed by atoms with E-state index in [0.29, 0.717) is 12.1 Å².